The van der Waals surface area contributed by atoms with Gasteiger partial charge in [0.25, 0.3) is 0 Å². The van der Waals surface area contributed by atoms with E-state index in [4.69, 9.17) is 19.9 Å². The Bertz CT molecular complexity index is 1930. The van der Waals surface area contributed by atoms with Gasteiger partial charge in [0.1, 0.15) is 0 Å². The van der Waals surface area contributed by atoms with E-state index in [2.05, 4.69) is 48.5 Å². The van der Waals surface area contributed by atoms with Crippen LogP contribution >= 0.6 is 0 Å². The zero-order valence-electron chi connectivity index (χ0n) is 22.8. The largest absolute Gasteiger partial charge is 0.248 e. The molecule has 0 saturated heterocycles. The summed E-state index contributed by atoms with van der Waals surface area (Å²) in [4.78, 5) is 20.1. The molecule has 0 N–H and O–H groups in total. The quantitative estimate of drug-likeness (QED) is 0.212. The molecular weight excluding hydrogens is 512 g/mol. The summed E-state index contributed by atoms with van der Waals surface area (Å²) >= 11 is 0. The number of para-hydroxylation sites is 2. The Kier molecular flexibility index (Phi) is 6.85. The summed E-state index contributed by atoms with van der Waals surface area (Å²) in [5, 5.41) is 2.23. The maximum atomic E-state index is 5.21. The monoisotopic (exact) mass is 538 g/mol. The van der Waals surface area contributed by atoms with Crippen molar-refractivity contribution in [1.29, 1.82) is 0 Å². The second kappa shape index (κ2) is 11.4. The van der Waals surface area contributed by atoms with Crippen LogP contribution in [-0.2, 0) is 0 Å². The van der Waals surface area contributed by atoms with Crippen LogP contribution in [0.3, 0.4) is 0 Å². The van der Waals surface area contributed by atoms with Gasteiger partial charge in [0.2, 0.25) is 0 Å². The molecule has 0 atom stereocenters. The Hall–Kier alpha value is -5.74. The fourth-order valence-electron chi connectivity index (χ4n) is 4.99. The van der Waals surface area contributed by atoms with Gasteiger partial charge in [0.15, 0.2) is 0 Å². The number of hydrogen-bond acceptors (Lipinski definition) is 4. The standard InChI is InChI=1S/C38H26N4/c1-3-13-29(14-4-1)37-35(25-23-31-21-19-27-11-7-9-17-33(27)39-31)42-38(30-15-5-2-6-16-30)36(41-37)26-24-32-22-20-28-12-8-10-18-34(28)40-32/h1-26H/b25-23+,26-24+. The molecule has 0 unspecified atom stereocenters. The summed E-state index contributed by atoms with van der Waals surface area (Å²) in [5.41, 5.74) is 8.79. The number of fused-ring (bicyclic) bond motifs is 2. The van der Waals surface area contributed by atoms with E-state index in [1.807, 2.05) is 109 Å². The van der Waals surface area contributed by atoms with Gasteiger partial charge in [-0.2, -0.15) is 0 Å². The SMILES string of the molecule is C(=C\c1nc(-c2ccccc2)c(/C=C/c2ccc3ccccc3n2)nc1-c1ccccc1)/c1ccc2ccccc2n1. The topological polar surface area (TPSA) is 51.6 Å². The van der Waals surface area contributed by atoms with Crippen LogP contribution in [0.2, 0.25) is 0 Å². The van der Waals surface area contributed by atoms with E-state index < -0.39 is 0 Å². The fourth-order valence-corrected chi connectivity index (χ4v) is 4.99. The molecule has 4 aromatic carbocycles. The summed E-state index contributed by atoms with van der Waals surface area (Å²) in [6, 6.07) is 44.9. The molecular formula is C38H26N4. The van der Waals surface area contributed by atoms with Gasteiger partial charge in [-0.3, -0.25) is 0 Å². The van der Waals surface area contributed by atoms with Gasteiger partial charge >= 0.3 is 0 Å². The smallest absolute Gasteiger partial charge is 0.0966 e. The lowest BCUT2D eigenvalue weighted by Crippen LogP contribution is -2.00. The van der Waals surface area contributed by atoms with E-state index >= 15 is 0 Å². The van der Waals surface area contributed by atoms with Gasteiger partial charge in [-0.05, 0) is 48.6 Å². The van der Waals surface area contributed by atoms with Gasteiger partial charge in [0, 0.05) is 21.9 Å². The summed E-state index contributed by atoms with van der Waals surface area (Å²) in [6.45, 7) is 0. The molecule has 0 fully saturated rings. The first-order chi connectivity index (χ1) is 20.8. The van der Waals surface area contributed by atoms with Crippen LogP contribution in [0.4, 0.5) is 0 Å². The predicted octanol–water partition coefficient (Wildman–Crippen LogP) is 9.25. The van der Waals surface area contributed by atoms with Crippen molar-refractivity contribution < 1.29 is 0 Å². The number of nitrogens with zero attached hydrogens (tertiary/aromatic N) is 4. The summed E-state index contributed by atoms with van der Waals surface area (Å²) < 4.78 is 0. The molecule has 0 amide bonds. The van der Waals surface area contributed by atoms with Crippen molar-refractivity contribution in [2.45, 2.75) is 0 Å². The maximum Gasteiger partial charge on any atom is 0.0966 e. The number of pyridine rings is 2. The molecule has 3 aromatic heterocycles. The lowest BCUT2D eigenvalue weighted by Gasteiger charge is -2.12. The molecule has 0 bridgehead atoms. The van der Waals surface area contributed by atoms with E-state index in [9.17, 15) is 0 Å². The van der Waals surface area contributed by atoms with Gasteiger partial charge in [-0.25, -0.2) is 19.9 Å². The van der Waals surface area contributed by atoms with Crippen LogP contribution in [-0.4, -0.2) is 19.9 Å². The van der Waals surface area contributed by atoms with E-state index in [0.29, 0.717) is 0 Å². The molecule has 0 radical (unpaired) electrons. The molecule has 42 heavy (non-hydrogen) atoms. The van der Waals surface area contributed by atoms with Crippen LogP contribution in [0.5, 0.6) is 0 Å². The minimum absolute atomic E-state index is 0.774. The Balaban J connectivity index is 1.36. The minimum Gasteiger partial charge on any atom is -0.248 e. The summed E-state index contributed by atoms with van der Waals surface area (Å²) in [6.07, 6.45) is 8.03. The molecule has 7 aromatic rings. The van der Waals surface area contributed by atoms with Gasteiger partial charge < -0.3 is 0 Å². The first-order valence-electron chi connectivity index (χ1n) is 13.9. The average Bonchev–Trinajstić information content (AvgIpc) is 3.07. The predicted molar refractivity (Wildman–Crippen MR) is 174 cm³/mol. The normalized spacial score (nSPS) is 11.6. The van der Waals surface area contributed by atoms with Crippen molar-refractivity contribution in [3.8, 4) is 22.5 Å². The molecule has 198 valence electrons. The van der Waals surface area contributed by atoms with Crippen LogP contribution in [0.15, 0.2) is 133 Å². The third kappa shape index (κ3) is 5.34. The Morgan fingerprint density at radius 2 is 0.738 bits per heavy atom. The van der Waals surface area contributed by atoms with Gasteiger partial charge in [-0.15, -0.1) is 0 Å². The highest BCUT2D eigenvalue weighted by Gasteiger charge is 2.14. The average molecular weight is 539 g/mol. The van der Waals surface area contributed by atoms with Crippen LogP contribution in [0, 0.1) is 0 Å². The summed E-state index contributed by atoms with van der Waals surface area (Å²) in [5.74, 6) is 0. The molecule has 0 aliphatic carbocycles. The lowest BCUT2D eigenvalue weighted by molar-refractivity contribution is 1.17. The van der Waals surface area contributed by atoms with Gasteiger partial charge in [0.05, 0.1) is 45.2 Å². The highest BCUT2D eigenvalue weighted by molar-refractivity contribution is 5.85. The molecule has 4 heteroatoms. The minimum atomic E-state index is 0.774. The molecule has 0 aliphatic rings. The number of hydrogen-bond donors (Lipinski definition) is 0. The highest BCUT2D eigenvalue weighted by atomic mass is 14.8. The second-order valence-electron chi connectivity index (χ2n) is 9.95. The first-order valence-corrected chi connectivity index (χ1v) is 13.9. The first kappa shape index (κ1) is 25.2. The van der Waals surface area contributed by atoms with Crippen molar-refractivity contribution in [2.24, 2.45) is 0 Å². The van der Waals surface area contributed by atoms with Gasteiger partial charge in [-0.1, -0.05) is 109 Å². The van der Waals surface area contributed by atoms with E-state index in [-0.39, 0.29) is 0 Å². The van der Waals surface area contributed by atoms with E-state index in [1.165, 1.54) is 0 Å². The maximum absolute atomic E-state index is 5.21. The van der Waals surface area contributed by atoms with E-state index in [1.54, 1.807) is 0 Å². The Morgan fingerprint density at radius 3 is 1.19 bits per heavy atom. The zero-order chi connectivity index (χ0) is 28.1. The Morgan fingerprint density at radius 1 is 0.333 bits per heavy atom. The molecule has 4 nitrogen and oxygen atoms in total. The molecule has 0 spiro atoms. The third-order valence-electron chi connectivity index (χ3n) is 7.11. The third-order valence-corrected chi connectivity index (χ3v) is 7.11. The van der Waals surface area contributed by atoms with Crippen LogP contribution in [0.1, 0.15) is 22.8 Å². The molecule has 0 aliphatic heterocycles. The number of benzene rings is 4. The zero-order valence-corrected chi connectivity index (χ0v) is 22.8. The molecule has 0 saturated carbocycles. The lowest BCUT2D eigenvalue weighted by atomic mass is 10.0. The number of rotatable bonds is 6. The second-order valence-corrected chi connectivity index (χ2v) is 9.95. The van der Waals surface area contributed by atoms with Crippen LogP contribution in [0.25, 0.3) is 68.6 Å². The molecule has 3 heterocycles. The van der Waals surface area contributed by atoms with Crippen molar-refractivity contribution in [3.63, 3.8) is 0 Å². The number of aromatic nitrogens is 4. The molecule has 7 rings (SSSR count). The summed E-state index contributed by atoms with van der Waals surface area (Å²) in [7, 11) is 0. The van der Waals surface area contributed by atoms with Crippen molar-refractivity contribution >= 4 is 46.1 Å². The van der Waals surface area contributed by atoms with Crippen molar-refractivity contribution in [3.05, 3.63) is 156 Å². The highest BCUT2D eigenvalue weighted by Crippen LogP contribution is 2.29. The van der Waals surface area contributed by atoms with Crippen molar-refractivity contribution in [1.82, 2.24) is 19.9 Å². The van der Waals surface area contributed by atoms with E-state index in [0.717, 1.165) is 67.1 Å². The van der Waals surface area contributed by atoms with Crippen LogP contribution < -0.4 is 0 Å². The fraction of sp³-hybridized carbons (Fsp3) is 0. The Labute approximate surface area is 244 Å². The van der Waals surface area contributed by atoms with Crippen molar-refractivity contribution in [2.75, 3.05) is 0 Å².